The average molecular weight is 644 g/mol. The number of nitrogens with two attached hydrogens (primary N) is 1. The second kappa shape index (κ2) is 12.5. The summed E-state index contributed by atoms with van der Waals surface area (Å²) in [6.45, 7) is 6.55. The lowest BCUT2D eigenvalue weighted by molar-refractivity contribution is -0.175. The van der Waals surface area contributed by atoms with Crippen molar-refractivity contribution in [2.45, 2.75) is 59.1 Å². The SMILES string of the molecule is CC(=O)OCCOC(=O)N(Cc1cc(N(C)C)c2c(c1O)C(=O)C1C(=O)[C@]3(O)C(=O)C(C(N)=O)C(=O)C[C@@H]3C[C@@H]1C2)CC(C)(C)C. The maximum atomic E-state index is 14.2. The molecular formula is C32H41N3O11. The Bertz CT molecular complexity index is 1510. The lowest BCUT2D eigenvalue weighted by Crippen LogP contribution is -2.68. The number of anilines is 1. The van der Waals surface area contributed by atoms with E-state index >= 15 is 0 Å². The molecule has 14 heteroatoms. The molecule has 2 saturated carbocycles. The predicted molar refractivity (Wildman–Crippen MR) is 161 cm³/mol. The van der Waals surface area contributed by atoms with Gasteiger partial charge < -0.3 is 35.2 Å². The summed E-state index contributed by atoms with van der Waals surface area (Å²) in [5.74, 6) is -11.6. The molecule has 4 N–H and O–H groups in total. The van der Waals surface area contributed by atoms with Crippen LogP contribution < -0.4 is 10.6 Å². The quantitative estimate of drug-likeness (QED) is 0.205. The van der Waals surface area contributed by atoms with E-state index in [1.54, 1.807) is 25.1 Å². The van der Waals surface area contributed by atoms with Crippen molar-refractivity contribution in [3.8, 4) is 5.75 Å². The van der Waals surface area contributed by atoms with Crippen LogP contribution in [0.15, 0.2) is 6.07 Å². The van der Waals surface area contributed by atoms with Gasteiger partial charge in [-0.1, -0.05) is 20.8 Å². The number of aliphatic hydroxyl groups is 1. The Hall–Kier alpha value is -4.33. The van der Waals surface area contributed by atoms with Crippen LogP contribution in [-0.4, -0.2) is 95.7 Å². The van der Waals surface area contributed by atoms with Gasteiger partial charge in [0, 0.05) is 51.2 Å². The molecular weight excluding hydrogens is 602 g/mol. The Morgan fingerprint density at radius 3 is 2.24 bits per heavy atom. The zero-order valence-corrected chi connectivity index (χ0v) is 26.9. The van der Waals surface area contributed by atoms with Crippen LogP contribution in [0.2, 0.25) is 0 Å². The molecule has 3 aliphatic carbocycles. The number of carbonyl (C=O) groups excluding carboxylic acids is 7. The lowest BCUT2D eigenvalue weighted by Gasteiger charge is -2.48. The number of Topliss-reactive ketones (excluding diaryl/α,β-unsaturated/α-hetero) is 4. The highest BCUT2D eigenvalue weighted by atomic mass is 16.6. The van der Waals surface area contributed by atoms with Crippen molar-refractivity contribution in [1.82, 2.24) is 4.90 Å². The van der Waals surface area contributed by atoms with Gasteiger partial charge in [0.1, 0.15) is 19.0 Å². The molecule has 0 heterocycles. The average Bonchev–Trinajstić information content (AvgIpc) is 2.92. The summed E-state index contributed by atoms with van der Waals surface area (Å²) in [6.07, 6.45) is -1.06. The summed E-state index contributed by atoms with van der Waals surface area (Å²) < 4.78 is 10.1. The molecule has 46 heavy (non-hydrogen) atoms. The third-order valence-corrected chi connectivity index (χ3v) is 8.84. The number of rotatable bonds is 8. The normalized spacial score (nSPS) is 25.6. The fourth-order valence-electron chi connectivity index (χ4n) is 6.96. The number of hydrogen-bond donors (Lipinski definition) is 3. The van der Waals surface area contributed by atoms with E-state index in [-0.39, 0.29) is 50.3 Å². The van der Waals surface area contributed by atoms with E-state index in [9.17, 15) is 43.8 Å². The highest BCUT2D eigenvalue weighted by Crippen LogP contribution is 2.51. The molecule has 0 radical (unpaired) electrons. The molecule has 250 valence electrons. The number of hydrogen-bond acceptors (Lipinski definition) is 12. The molecule has 0 aliphatic heterocycles. The summed E-state index contributed by atoms with van der Waals surface area (Å²) in [4.78, 5) is 93.1. The van der Waals surface area contributed by atoms with Crippen LogP contribution in [0.3, 0.4) is 0 Å². The van der Waals surface area contributed by atoms with E-state index in [1.165, 1.54) is 11.8 Å². The largest absolute Gasteiger partial charge is 0.507 e. The Balaban J connectivity index is 1.74. The predicted octanol–water partition coefficient (Wildman–Crippen LogP) is 0.941. The van der Waals surface area contributed by atoms with Crippen molar-refractivity contribution in [2.24, 2.45) is 34.8 Å². The number of benzene rings is 1. The summed E-state index contributed by atoms with van der Waals surface area (Å²) in [7, 11) is 3.47. The van der Waals surface area contributed by atoms with Crippen LogP contribution in [0.5, 0.6) is 5.75 Å². The number of fused-ring (bicyclic) bond motifs is 3. The third kappa shape index (κ3) is 6.22. The van der Waals surface area contributed by atoms with Gasteiger partial charge in [0.2, 0.25) is 5.91 Å². The maximum absolute atomic E-state index is 14.2. The van der Waals surface area contributed by atoms with Gasteiger partial charge in [-0.25, -0.2) is 4.79 Å². The fraction of sp³-hybridized carbons (Fsp3) is 0.594. The molecule has 2 amide bonds. The molecule has 3 aliphatic rings. The van der Waals surface area contributed by atoms with E-state index in [4.69, 9.17) is 15.2 Å². The molecule has 0 bridgehead atoms. The summed E-state index contributed by atoms with van der Waals surface area (Å²) in [5, 5.41) is 23.0. The highest BCUT2D eigenvalue weighted by molar-refractivity contribution is 6.31. The zero-order chi connectivity index (χ0) is 34.5. The van der Waals surface area contributed by atoms with Gasteiger partial charge >= 0.3 is 12.1 Å². The first-order chi connectivity index (χ1) is 21.3. The minimum atomic E-state index is -2.75. The monoisotopic (exact) mass is 643 g/mol. The number of ether oxygens (including phenoxy) is 2. The van der Waals surface area contributed by atoms with E-state index in [0.717, 1.165) is 0 Å². The molecule has 0 aromatic heterocycles. The van der Waals surface area contributed by atoms with Crippen LogP contribution >= 0.6 is 0 Å². The summed E-state index contributed by atoms with van der Waals surface area (Å²) in [6, 6.07) is 1.65. The van der Waals surface area contributed by atoms with Crippen LogP contribution in [-0.2, 0) is 46.4 Å². The maximum Gasteiger partial charge on any atom is 0.410 e. The van der Waals surface area contributed by atoms with Crippen molar-refractivity contribution in [3.05, 3.63) is 22.8 Å². The molecule has 2 unspecified atom stereocenters. The van der Waals surface area contributed by atoms with Gasteiger partial charge in [-0.3, -0.25) is 28.8 Å². The smallest absolute Gasteiger partial charge is 0.410 e. The summed E-state index contributed by atoms with van der Waals surface area (Å²) in [5.41, 5.74) is 3.11. The van der Waals surface area contributed by atoms with Gasteiger partial charge in [-0.2, -0.15) is 0 Å². The van der Waals surface area contributed by atoms with Crippen LogP contribution in [0, 0.1) is 29.1 Å². The molecule has 4 rings (SSSR count). The van der Waals surface area contributed by atoms with Gasteiger partial charge in [-0.15, -0.1) is 0 Å². The second-order valence-corrected chi connectivity index (χ2v) is 13.8. The number of ketones is 4. The zero-order valence-electron chi connectivity index (χ0n) is 26.9. The topological polar surface area (TPSA) is 211 Å². The van der Waals surface area contributed by atoms with Crippen molar-refractivity contribution in [3.63, 3.8) is 0 Å². The molecule has 1 aromatic rings. The summed E-state index contributed by atoms with van der Waals surface area (Å²) >= 11 is 0. The second-order valence-electron chi connectivity index (χ2n) is 13.8. The molecule has 5 atom stereocenters. The third-order valence-electron chi connectivity index (χ3n) is 8.84. The first-order valence-corrected chi connectivity index (χ1v) is 15.1. The Morgan fingerprint density at radius 1 is 1.04 bits per heavy atom. The van der Waals surface area contributed by atoms with E-state index < -0.39 is 88.0 Å². The van der Waals surface area contributed by atoms with E-state index in [0.29, 0.717) is 11.3 Å². The van der Waals surface area contributed by atoms with Gasteiger partial charge in [0.15, 0.2) is 34.7 Å². The van der Waals surface area contributed by atoms with Gasteiger partial charge in [-0.05, 0) is 35.8 Å². The van der Waals surface area contributed by atoms with Crippen LogP contribution in [0.25, 0.3) is 0 Å². The number of phenols is 1. The molecule has 1 aromatic carbocycles. The fourth-order valence-corrected chi connectivity index (χ4v) is 6.96. The molecule has 2 fully saturated rings. The van der Waals surface area contributed by atoms with Crippen molar-refractivity contribution >= 4 is 46.8 Å². The minimum Gasteiger partial charge on any atom is -0.507 e. The number of carbonyl (C=O) groups is 7. The number of primary amides is 1. The number of amides is 2. The van der Waals surface area contributed by atoms with Crippen molar-refractivity contribution in [2.75, 3.05) is 38.8 Å². The Labute approximate surface area is 266 Å². The lowest BCUT2D eigenvalue weighted by atomic mass is 9.53. The minimum absolute atomic E-state index is 0.0189. The van der Waals surface area contributed by atoms with E-state index in [2.05, 4.69) is 0 Å². The van der Waals surface area contributed by atoms with Gasteiger partial charge in [0.25, 0.3) is 0 Å². The number of esters is 1. The van der Waals surface area contributed by atoms with Gasteiger partial charge in [0.05, 0.1) is 18.0 Å². The van der Waals surface area contributed by atoms with Crippen molar-refractivity contribution < 1.29 is 53.2 Å². The molecule has 14 nitrogen and oxygen atoms in total. The first kappa shape index (κ1) is 34.5. The van der Waals surface area contributed by atoms with Crippen LogP contribution in [0.4, 0.5) is 10.5 Å². The number of phenolic OH excluding ortho intramolecular Hbond substituents is 1. The standard InChI is InChI=1S/C32H41N3O11/c1-15(36)45-7-8-46-30(43)35(14-31(2,3)4)13-17-11-20(34(5)6)19-10-16-9-18-12-21(37)24(29(33)42)28(41)32(18,44)27(40)22(16)26(39)23(19)25(17)38/h11,16,18,22,24,38,44H,7-10,12-14H2,1-6H3,(H2,33,42)/t16-,18+,22?,24?,32+/m1/s1. The molecule has 0 saturated heterocycles. The first-order valence-electron chi connectivity index (χ1n) is 15.1. The Kier molecular flexibility index (Phi) is 9.36. The highest BCUT2D eigenvalue weighted by Gasteiger charge is 2.66. The Morgan fingerprint density at radius 2 is 1.67 bits per heavy atom. The van der Waals surface area contributed by atoms with E-state index in [1.807, 2.05) is 20.8 Å². The number of aromatic hydroxyl groups is 1. The molecule has 0 spiro atoms. The van der Waals surface area contributed by atoms with Crippen molar-refractivity contribution in [1.29, 1.82) is 0 Å². The van der Waals surface area contributed by atoms with Crippen LogP contribution in [0.1, 0.15) is 62.0 Å². The number of nitrogens with zero attached hydrogens (tertiary/aromatic N) is 2.